The average Bonchev–Trinajstić information content (AvgIpc) is 3.19. The molecular weight excluding hydrogens is 420 g/mol. The standard InChI is InChI=1S/C19H19ClN2O6S/c1-12-2-3-14(29(24,25)22-4-6-26-7-5-22)10-16(12)21-19(23)13-8-15(20)18-17(9-13)27-11-28-18/h2-3,8-10H,4-7,11H2,1H3,(H,21,23). The highest BCUT2D eigenvalue weighted by Crippen LogP contribution is 2.40. The summed E-state index contributed by atoms with van der Waals surface area (Å²) in [6.45, 7) is 3.15. The lowest BCUT2D eigenvalue weighted by molar-refractivity contribution is 0.0730. The Morgan fingerprint density at radius 3 is 2.66 bits per heavy atom. The van der Waals surface area contributed by atoms with Crippen molar-refractivity contribution in [3.8, 4) is 11.5 Å². The predicted molar refractivity (Wildman–Crippen MR) is 106 cm³/mol. The minimum Gasteiger partial charge on any atom is -0.454 e. The maximum absolute atomic E-state index is 12.9. The molecule has 0 radical (unpaired) electrons. The first-order chi connectivity index (χ1) is 13.9. The Morgan fingerprint density at radius 2 is 1.90 bits per heavy atom. The van der Waals surface area contributed by atoms with Crippen LogP contribution in [0.25, 0.3) is 0 Å². The largest absolute Gasteiger partial charge is 0.454 e. The van der Waals surface area contributed by atoms with Gasteiger partial charge in [-0.1, -0.05) is 17.7 Å². The predicted octanol–water partition coefficient (Wildman–Crippen LogP) is 2.65. The molecule has 8 nitrogen and oxygen atoms in total. The molecule has 10 heteroatoms. The summed E-state index contributed by atoms with van der Waals surface area (Å²) in [5.74, 6) is 0.357. The van der Waals surface area contributed by atoms with Crippen LogP contribution < -0.4 is 14.8 Å². The van der Waals surface area contributed by atoms with Crippen LogP contribution in [0.2, 0.25) is 5.02 Å². The molecule has 0 aromatic heterocycles. The zero-order valence-electron chi connectivity index (χ0n) is 15.6. The van der Waals surface area contributed by atoms with E-state index in [0.29, 0.717) is 43.5 Å². The molecule has 2 aliphatic rings. The summed E-state index contributed by atoms with van der Waals surface area (Å²) in [6.07, 6.45) is 0. The van der Waals surface area contributed by atoms with Gasteiger partial charge in [0.25, 0.3) is 5.91 Å². The molecular formula is C19H19ClN2O6S. The molecule has 1 N–H and O–H groups in total. The summed E-state index contributed by atoms with van der Waals surface area (Å²) >= 11 is 6.14. The number of fused-ring (bicyclic) bond motifs is 1. The number of carbonyl (C=O) groups is 1. The van der Waals surface area contributed by atoms with Crippen molar-refractivity contribution in [2.45, 2.75) is 11.8 Å². The van der Waals surface area contributed by atoms with E-state index < -0.39 is 15.9 Å². The number of halogens is 1. The molecule has 154 valence electrons. The van der Waals surface area contributed by atoms with Crippen LogP contribution in [0.3, 0.4) is 0 Å². The molecule has 0 bridgehead atoms. The zero-order valence-corrected chi connectivity index (χ0v) is 17.2. The van der Waals surface area contributed by atoms with E-state index >= 15 is 0 Å². The molecule has 2 aliphatic heterocycles. The number of hydrogen-bond donors (Lipinski definition) is 1. The third kappa shape index (κ3) is 3.91. The molecule has 29 heavy (non-hydrogen) atoms. The lowest BCUT2D eigenvalue weighted by Crippen LogP contribution is -2.40. The fourth-order valence-corrected chi connectivity index (χ4v) is 4.83. The molecule has 0 atom stereocenters. The second-order valence-electron chi connectivity index (χ2n) is 6.64. The molecule has 0 aliphatic carbocycles. The number of aryl methyl sites for hydroxylation is 1. The van der Waals surface area contributed by atoms with Crippen LogP contribution in [-0.4, -0.2) is 51.7 Å². The monoisotopic (exact) mass is 438 g/mol. The van der Waals surface area contributed by atoms with Crippen LogP contribution in [0.15, 0.2) is 35.2 Å². The van der Waals surface area contributed by atoms with Crippen molar-refractivity contribution < 1.29 is 27.4 Å². The minimum absolute atomic E-state index is 0.0423. The Bertz CT molecular complexity index is 1070. The van der Waals surface area contributed by atoms with Crippen LogP contribution in [-0.2, 0) is 14.8 Å². The number of benzene rings is 2. The first kappa shape index (κ1) is 20.0. The molecule has 1 saturated heterocycles. The maximum atomic E-state index is 12.9. The topological polar surface area (TPSA) is 94.2 Å². The van der Waals surface area contributed by atoms with Crippen molar-refractivity contribution in [3.63, 3.8) is 0 Å². The Kier molecular flexibility index (Phi) is 5.39. The maximum Gasteiger partial charge on any atom is 0.255 e. The number of sulfonamides is 1. The number of morpholine rings is 1. The first-order valence-electron chi connectivity index (χ1n) is 8.95. The number of nitrogens with one attached hydrogen (secondary N) is 1. The van der Waals surface area contributed by atoms with E-state index in [4.69, 9.17) is 25.8 Å². The molecule has 2 heterocycles. The van der Waals surface area contributed by atoms with E-state index in [1.807, 2.05) is 0 Å². The van der Waals surface area contributed by atoms with Gasteiger partial charge in [0.15, 0.2) is 11.5 Å². The highest BCUT2D eigenvalue weighted by Gasteiger charge is 2.27. The van der Waals surface area contributed by atoms with Gasteiger partial charge < -0.3 is 19.5 Å². The number of anilines is 1. The zero-order chi connectivity index (χ0) is 20.6. The minimum atomic E-state index is -3.67. The molecule has 1 fully saturated rings. The molecule has 2 aromatic carbocycles. The second kappa shape index (κ2) is 7.83. The van der Waals surface area contributed by atoms with Crippen molar-refractivity contribution in [1.29, 1.82) is 0 Å². The number of nitrogens with zero attached hydrogens (tertiary/aromatic N) is 1. The third-order valence-electron chi connectivity index (χ3n) is 4.75. The number of carbonyl (C=O) groups excluding carboxylic acids is 1. The quantitative estimate of drug-likeness (QED) is 0.788. The Labute approximate surface area is 173 Å². The smallest absolute Gasteiger partial charge is 0.255 e. The molecule has 0 unspecified atom stereocenters. The fourth-order valence-electron chi connectivity index (χ4n) is 3.13. The lowest BCUT2D eigenvalue weighted by Gasteiger charge is -2.26. The van der Waals surface area contributed by atoms with Gasteiger partial charge >= 0.3 is 0 Å². The number of ether oxygens (including phenoxy) is 3. The molecule has 0 spiro atoms. The van der Waals surface area contributed by atoms with Crippen molar-refractivity contribution in [2.75, 3.05) is 38.4 Å². The number of rotatable bonds is 4. The van der Waals surface area contributed by atoms with Crippen LogP contribution in [0.1, 0.15) is 15.9 Å². The second-order valence-corrected chi connectivity index (χ2v) is 8.98. The van der Waals surface area contributed by atoms with Gasteiger partial charge in [0.2, 0.25) is 16.8 Å². The van der Waals surface area contributed by atoms with E-state index in [0.717, 1.165) is 5.56 Å². The molecule has 1 amide bonds. The Balaban J connectivity index is 1.60. The summed E-state index contributed by atoms with van der Waals surface area (Å²) in [7, 11) is -3.67. The summed E-state index contributed by atoms with van der Waals surface area (Å²) in [6, 6.07) is 7.68. The van der Waals surface area contributed by atoms with E-state index in [1.54, 1.807) is 13.0 Å². The van der Waals surface area contributed by atoms with Gasteiger partial charge in [-0.05, 0) is 36.8 Å². The van der Waals surface area contributed by atoms with Crippen molar-refractivity contribution in [2.24, 2.45) is 0 Å². The third-order valence-corrected chi connectivity index (χ3v) is 6.93. The van der Waals surface area contributed by atoms with Crippen molar-refractivity contribution in [1.82, 2.24) is 4.31 Å². The van der Waals surface area contributed by atoms with Crippen molar-refractivity contribution >= 4 is 33.2 Å². The van der Waals surface area contributed by atoms with Crippen LogP contribution in [0.4, 0.5) is 5.69 Å². The van der Waals surface area contributed by atoms with Gasteiger partial charge in [-0.3, -0.25) is 4.79 Å². The highest BCUT2D eigenvalue weighted by molar-refractivity contribution is 7.89. The van der Waals surface area contributed by atoms with Crippen LogP contribution >= 0.6 is 11.6 Å². The van der Waals surface area contributed by atoms with Crippen LogP contribution in [0.5, 0.6) is 11.5 Å². The van der Waals surface area contributed by atoms with E-state index in [2.05, 4.69) is 5.32 Å². The number of hydrogen-bond acceptors (Lipinski definition) is 6. The summed E-state index contributed by atoms with van der Waals surface area (Å²) in [5, 5.41) is 3.03. The van der Waals surface area contributed by atoms with E-state index in [-0.39, 0.29) is 22.3 Å². The summed E-state index contributed by atoms with van der Waals surface area (Å²) < 4.78 is 42.9. The van der Waals surface area contributed by atoms with Gasteiger partial charge in [-0.25, -0.2) is 8.42 Å². The van der Waals surface area contributed by atoms with Gasteiger partial charge in [0, 0.05) is 24.3 Å². The molecule has 2 aromatic rings. The van der Waals surface area contributed by atoms with Crippen LogP contribution in [0, 0.1) is 6.92 Å². The summed E-state index contributed by atoms with van der Waals surface area (Å²) in [5.41, 5.74) is 1.41. The van der Waals surface area contributed by atoms with Crippen molar-refractivity contribution in [3.05, 3.63) is 46.5 Å². The number of amides is 1. The van der Waals surface area contributed by atoms with Gasteiger partial charge in [-0.2, -0.15) is 4.31 Å². The van der Waals surface area contributed by atoms with Gasteiger partial charge in [-0.15, -0.1) is 0 Å². The molecule has 0 saturated carbocycles. The van der Waals surface area contributed by atoms with E-state index in [1.165, 1.54) is 28.6 Å². The SMILES string of the molecule is Cc1ccc(S(=O)(=O)N2CCOCC2)cc1NC(=O)c1cc(Cl)c2c(c1)OCO2. The highest BCUT2D eigenvalue weighted by atomic mass is 35.5. The van der Waals surface area contributed by atoms with E-state index in [9.17, 15) is 13.2 Å². The average molecular weight is 439 g/mol. The summed E-state index contributed by atoms with van der Waals surface area (Å²) in [4.78, 5) is 12.9. The Hall–Kier alpha value is -2.33. The molecule has 4 rings (SSSR count). The fraction of sp³-hybridized carbons (Fsp3) is 0.316. The Morgan fingerprint density at radius 1 is 1.14 bits per heavy atom. The lowest BCUT2D eigenvalue weighted by atomic mass is 10.1. The van der Waals surface area contributed by atoms with Gasteiger partial charge in [0.05, 0.1) is 23.1 Å². The van der Waals surface area contributed by atoms with Gasteiger partial charge in [0.1, 0.15) is 0 Å². The first-order valence-corrected chi connectivity index (χ1v) is 10.8. The normalized spacial score (nSPS) is 16.6.